The molecule has 6 nitrogen and oxygen atoms in total. The molecule has 1 amide bonds. The first-order valence-electron chi connectivity index (χ1n) is 9.13. The SMILES string of the molecule is CCNC(=NCc1cccc(C(N)=O)c1)N(C)Cc1ccc(OCC)cc1. The molecule has 3 N–H and O–H groups in total. The first-order chi connectivity index (χ1) is 13.0. The van der Waals surface area contributed by atoms with Crippen molar-refractivity contribution in [3.8, 4) is 5.75 Å². The number of nitrogens with one attached hydrogen (secondary N) is 1. The highest BCUT2D eigenvalue weighted by Crippen LogP contribution is 2.13. The molecule has 0 saturated carbocycles. The van der Waals surface area contributed by atoms with Gasteiger partial charge < -0.3 is 20.7 Å². The van der Waals surface area contributed by atoms with Crippen molar-refractivity contribution in [3.63, 3.8) is 0 Å². The summed E-state index contributed by atoms with van der Waals surface area (Å²) in [6, 6.07) is 15.3. The highest BCUT2D eigenvalue weighted by molar-refractivity contribution is 5.92. The quantitative estimate of drug-likeness (QED) is 0.555. The molecule has 0 bridgehead atoms. The second-order valence-electron chi connectivity index (χ2n) is 6.17. The number of ether oxygens (including phenoxy) is 1. The second kappa shape index (κ2) is 10.2. The molecule has 0 spiro atoms. The van der Waals surface area contributed by atoms with Crippen molar-refractivity contribution < 1.29 is 9.53 Å². The Hall–Kier alpha value is -3.02. The maximum absolute atomic E-state index is 11.3. The van der Waals surface area contributed by atoms with Crippen LogP contribution in [0.5, 0.6) is 5.75 Å². The highest BCUT2D eigenvalue weighted by atomic mass is 16.5. The summed E-state index contributed by atoms with van der Waals surface area (Å²) in [7, 11) is 2.00. The number of nitrogens with two attached hydrogens (primary N) is 1. The molecule has 2 aromatic rings. The number of hydrogen-bond acceptors (Lipinski definition) is 3. The molecule has 0 aliphatic rings. The van der Waals surface area contributed by atoms with Gasteiger partial charge in [-0.3, -0.25) is 4.79 Å². The molecule has 0 fully saturated rings. The van der Waals surface area contributed by atoms with E-state index in [0.717, 1.165) is 30.4 Å². The Balaban J connectivity index is 2.07. The molecular weight excluding hydrogens is 340 g/mol. The first kappa shape index (κ1) is 20.3. The number of benzene rings is 2. The van der Waals surface area contributed by atoms with E-state index in [2.05, 4.69) is 27.3 Å². The van der Waals surface area contributed by atoms with Crippen molar-refractivity contribution in [2.75, 3.05) is 20.2 Å². The van der Waals surface area contributed by atoms with Crippen LogP contribution in [-0.2, 0) is 13.1 Å². The molecule has 0 aliphatic heterocycles. The fourth-order valence-corrected chi connectivity index (χ4v) is 2.67. The standard InChI is InChI=1S/C21H28N4O2/c1-4-23-21(24-14-17-7-6-8-18(13-17)20(22)26)25(3)15-16-9-11-19(12-10-16)27-5-2/h6-13H,4-5,14-15H2,1-3H3,(H2,22,26)(H,23,24). The molecule has 0 radical (unpaired) electrons. The van der Waals surface area contributed by atoms with Crippen LogP contribution < -0.4 is 15.8 Å². The van der Waals surface area contributed by atoms with Crippen LogP contribution >= 0.6 is 0 Å². The Morgan fingerprint density at radius 1 is 1.15 bits per heavy atom. The van der Waals surface area contributed by atoms with Gasteiger partial charge in [0, 0.05) is 25.7 Å². The number of amides is 1. The van der Waals surface area contributed by atoms with Gasteiger partial charge in [-0.2, -0.15) is 0 Å². The summed E-state index contributed by atoms with van der Waals surface area (Å²) in [4.78, 5) is 18.1. The van der Waals surface area contributed by atoms with Crippen LogP contribution in [0.4, 0.5) is 0 Å². The highest BCUT2D eigenvalue weighted by Gasteiger charge is 2.07. The van der Waals surface area contributed by atoms with E-state index in [1.165, 1.54) is 5.56 Å². The molecule has 0 aliphatic carbocycles. The summed E-state index contributed by atoms with van der Waals surface area (Å²) < 4.78 is 5.48. The molecule has 0 aromatic heterocycles. The van der Waals surface area contributed by atoms with Gasteiger partial charge in [-0.1, -0.05) is 24.3 Å². The summed E-state index contributed by atoms with van der Waals surface area (Å²) in [6.45, 7) is 6.63. The van der Waals surface area contributed by atoms with Crippen molar-refractivity contribution in [2.24, 2.45) is 10.7 Å². The predicted molar refractivity (Wildman–Crippen MR) is 109 cm³/mol. The molecule has 144 valence electrons. The molecule has 6 heteroatoms. The van der Waals surface area contributed by atoms with E-state index in [9.17, 15) is 4.79 Å². The van der Waals surface area contributed by atoms with Crippen molar-refractivity contribution in [2.45, 2.75) is 26.9 Å². The number of carbonyl (C=O) groups is 1. The van der Waals surface area contributed by atoms with E-state index in [1.54, 1.807) is 12.1 Å². The molecule has 2 aromatic carbocycles. The Labute approximate surface area is 161 Å². The Morgan fingerprint density at radius 3 is 2.52 bits per heavy atom. The van der Waals surface area contributed by atoms with Crippen LogP contribution in [0, 0.1) is 0 Å². The number of aliphatic imine (C=N–C) groups is 1. The largest absolute Gasteiger partial charge is 0.494 e. The van der Waals surface area contributed by atoms with E-state index in [-0.39, 0.29) is 0 Å². The van der Waals surface area contributed by atoms with Crippen LogP contribution in [0.3, 0.4) is 0 Å². The van der Waals surface area contributed by atoms with Crippen LogP contribution in [0.2, 0.25) is 0 Å². The summed E-state index contributed by atoms with van der Waals surface area (Å²) in [6.07, 6.45) is 0. The minimum atomic E-state index is -0.430. The van der Waals surface area contributed by atoms with Gasteiger partial charge in [0.15, 0.2) is 5.96 Å². The lowest BCUT2D eigenvalue weighted by Crippen LogP contribution is -2.38. The number of nitrogens with zero attached hydrogens (tertiary/aromatic N) is 2. The van der Waals surface area contributed by atoms with Crippen LogP contribution in [-0.4, -0.2) is 37.0 Å². The monoisotopic (exact) mass is 368 g/mol. The lowest BCUT2D eigenvalue weighted by Gasteiger charge is -2.22. The van der Waals surface area contributed by atoms with Crippen molar-refractivity contribution in [1.29, 1.82) is 0 Å². The number of hydrogen-bond donors (Lipinski definition) is 2. The van der Waals surface area contributed by atoms with Crippen LogP contribution in [0.25, 0.3) is 0 Å². The Morgan fingerprint density at radius 2 is 1.89 bits per heavy atom. The van der Waals surface area contributed by atoms with E-state index in [4.69, 9.17) is 10.5 Å². The average molecular weight is 368 g/mol. The third-order valence-electron chi connectivity index (χ3n) is 3.97. The molecule has 0 saturated heterocycles. The number of primary amides is 1. The van der Waals surface area contributed by atoms with E-state index in [1.807, 2.05) is 45.2 Å². The van der Waals surface area contributed by atoms with Gasteiger partial charge in [-0.05, 0) is 49.2 Å². The predicted octanol–water partition coefficient (Wildman–Crippen LogP) is 2.78. The zero-order chi connectivity index (χ0) is 19.6. The van der Waals surface area contributed by atoms with Gasteiger partial charge in [0.2, 0.25) is 5.91 Å². The number of guanidine groups is 1. The van der Waals surface area contributed by atoms with Crippen molar-refractivity contribution in [3.05, 3.63) is 65.2 Å². The van der Waals surface area contributed by atoms with Gasteiger partial charge in [0.25, 0.3) is 0 Å². The molecule has 0 atom stereocenters. The Kier molecular flexibility index (Phi) is 7.67. The minimum Gasteiger partial charge on any atom is -0.494 e. The minimum absolute atomic E-state index is 0.430. The molecule has 27 heavy (non-hydrogen) atoms. The molecule has 2 rings (SSSR count). The fourth-order valence-electron chi connectivity index (χ4n) is 2.67. The number of carbonyl (C=O) groups excluding carboxylic acids is 1. The maximum Gasteiger partial charge on any atom is 0.248 e. The van der Waals surface area contributed by atoms with Crippen LogP contribution in [0.1, 0.15) is 35.3 Å². The third kappa shape index (κ3) is 6.33. The van der Waals surface area contributed by atoms with E-state index in [0.29, 0.717) is 18.7 Å². The molecule has 0 unspecified atom stereocenters. The zero-order valence-electron chi connectivity index (χ0n) is 16.2. The molecule has 0 heterocycles. The zero-order valence-corrected chi connectivity index (χ0v) is 16.2. The lowest BCUT2D eigenvalue weighted by atomic mass is 10.1. The van der Waals surface area contributed by atoms with Gasteiger partial charge >= 0.3 is 0 Å². The smallest absolute Gasteiger partial charge is 0.248 e. The summed E-state index contributed by atoms with van der Waals surface area (Å²) in [5.41, 5.74) is 7.95. The summed E-state index contributed by atoms with van der Waals surface area (Å²) >= 11 is 0. The fraction of sp³-hybridized carbons (Fsp3) is 0.333. The maximum atomic E-state index is 11.3. The summed E-state index contributed by atoms with van der Waals surface area (Å²) in [5.74, 6) is 1.25. The molecular formula is C21H28N4O2. The second-order valence-corrected chi connectivity index (χ2v) is 6.17. The van der Waals surface area contributed by atoms with Crippen molar-refractivity contribution >= 4 is 11.9 Å². The lowest BCUT2D eigenvalue weighted by molar-refractivity contribution is 0.1000. The normalized spacial score (nSPS) is 11.1. The van der Waals surface area contributed by atoms with Gasteiger partial charge in [-0.15, -0.1) is 0 Å². The van der Waals surface area contributed by atoms with Crippen molar-refractivity contribution in [1.82, 2.24) is 10.2 Å². The first-order valence-corrected chi connectivity index (χ1v) is 9.13. The number of rotatable bonds is 8. The summed E-state index contributed by atoms with van der Waals surface area (Å²) in [5, 5.41) is 3.30. The third-order valence-corrected chi connectivity index (χ3v) is 3.97. The van der Waals surface area contributed by atoms with Gasteiger partial charge in [-0.25, -0.2) is 4.99 Å². The average Bonchev–Trinajstić information content (AvgIpc) is 2.67. The topological polar surface area (TPSA) is 79.9 Å². The van der Waals surface area contributed by atoms with E-state index >= 15 is 0 Å². The van der Waals surface area contributed by atoms with Gasteiger partial charge in [0.05, 0.1) is 13.2 Å². The van der Waals surface area contributed by atoms with Gasteiger partial charge in [0.1, 0.15) is 5.75 Å². The van der Waals surface area contributed by atoms with E-state index < -0.39 is 5.91 Å². The van der Waals surface area contributed by atoms with Crippen LogP contribution in [0.15, 0.2) is 53.5 Å². The Bertz CT molecular complexity index is 772.